The summed E-state index contributed by atoms with van der Waals surface area (Å²) in [7, 11) is 1.77. The van der Waals surface area contributed by atoms with E-state index in [4.69, 9.17) is 5.73 Å². The number of nitrogens with two attached hydrogens (primary N) is 1. The van der Waals surface area contributed by atoms with Crippen LogP contribution in [0.4, 0.5) is 33.9 Å². The molecule has 0 bridgehead atoms. The summed E-state index contributed by atoms with van der Waals surface area (Å²) in [6.07, 6.45) is 0.296. The number of hydrogen-bond acceptors (Lipinski definition) is 4. The van der Waals surface area contributed by atoms with Crippen LogP contribution in [0, 0.1) is 11.6 Å². The summed E-state index contributed by atoms with van der Waals surface area (Å²) in [4.78, 5) is 23.8. The van der Waals surface area contributed by atoms with Crippen molar-refractivity contribution in [2.24, 2.45) is 7.05 Å². The Bertz CT molecular complexity index is 1450. The van der Waals surface area contributed by atoms with Crippen molar-refractivity contribution in [2.75, 3.05) is 23.7 Å². The van der Waals surface area contributed by atoms with Gasteiger partial charge in [0.2, 0.25) is 0 Å². The van der Waals surface area contributed by atoms with Crippen molar-refractivity contribution < 1.29 is 22.4 Å². The molecule has 35 heavy (non-hydrogen) atoms. The fourth-order valence-corrected chi connectivity index (χ4v) is 4.36. The molecule has 1 aliphatic rings. The molecule has 0 saturated carbocycles. The number of rotatable bonds is 5. The molecule has 2 amide bonds. The number of halogens is 4. The molecular weight excluding hydrogens is 464 g/mol. The predicted molar refractivity (Wildman–Crippen MR) is 123 cm³/mol. The van der Waals surface area contributed by atoms with Crippen molar-refractivity contribution in [3.8, 4) is 11.1 Å². The second kappa shape index (κ2) is 8.57. The van der Waals surface area contributed by atoms with Gasteiger partial charge in [0, 0.05) is 54.3 Å². The van der Waals surface area contributed by atoms with E-state index in [1.54, 1.807) is 29.9 Å². The van der Waals surface area contributed by atoms with Gasteiger partial charge in [0.1, 0.15) is 29.4 Å². The highest BCUT2D eigenvalue weighted by molar-refractivity contribution is 6.01. The summed E-state index contributed by atoms with van der Waals surface area (Å²) in [5.74, 6) is -1.02. The maximum absolute atomic E-state index is 15.2. The SMILES string of the molecule is Cn1cc(-c2ccc(N3CCN(Cc4cc(C(F)F)ccc4F)C3=O)cc2F)c2c(N)ncnc21. The van der Waals surface area contributed by atoms with E-state index in [0.717, 1.165) is 18.2 Å². The third-order valence-corrected chi connectivity index (χ3v) is 6.12. The molecule has 5 rings (SSSR count). The Morgan fingerprint density at radius 3 is 2.57 bits per heavy atom. The van der Waals surface area contributed by atoms with E-state index < -0.39 is 24.1 Å². The number of nitrogens with zero attached hydrogens (tertiary/aromatic N) is 5. The van der Waals surface area contributed by atoms with Crippen molar-refractivity contribution >= 4 is 28.6 Å². The summed E-state index contributed by atoms with van der Waals surface area (Å²) in [6, 6.07) is 6.97. The normalized spacial score (nSPS) is 14.1. The first kappa shape index (κ1) is 22.6. The number of aromatic nitrogens is 3. The fourth-order valence-electron chi connectivity index (χ4n) is 4.36. The molecule has 1 aliphatic heterocycles. The molecule has 0 atom stereocenters. The lowest BCUT2D eigenvalue weighted by atomic mass is 10.0. The maximum atomic E-state index is 15.2. The lowest BCUT2D eigenvalue weighted by Crippen LogP contribution is -2.31. The molecular formula is C24H20F4N6O. The smallest absolute Gasteiger partial charge is 0.324 e. The van der Waals surface area contributed by atoms with Crippen molar-refractivity contribution in [3.63, 3.8) is 0 Å². The molecule has 1 fully saturated rings. The first-order valence-electron chi connectivity index (χ1n) is 10.7. The number of carbonyl (C=O) groups is 1. The van der Waals surface area contributed by atoms with Gasteiger partial charge < -0.3 is 15.2 Å². The number of aryl methyl sites for hydroxylation is 1. The van der Waals surface area contributed by atoms with Gasteiger partial charge >= 0.3 is 6.03 Å². The highest BCUT2D eigenvalue weighted by Gasteiger charge is 2.31. The summed E-state index contributed by atoms with van der Waals surface area (Å²) in [5.41, 5.74) is 7.36. The van der Waals surface area contributed by atoms with Crippen LogP contribution in [-0.4, -0.2) is 38.6 Å². The third-order valence-electron chi connectivity index (χ3n) is 6.12. The number of benzene rings is 2. The number of carbonyl (C=O) groups excluding carboxylic acids is 1. The van der Waals surface area contributed by atoms with E-state index in [1.807, 2.05) is 0 Å². The second-order valence-corrected chi connectivity index (χ2v) is 8.28. The van der Waals surface area contributed by atoms with Gasteiger partial charge in [-0.2, -0.15) is 0 Å². The van der Waals surface area contributed by atoms with Crippen molar-refractivity contribution in [3.05, 3.63) is 71.7 Å². The molecule has 4 aromatic rings. The molecule has 2 aromatic carbocycles. The Morgan fingerprint density at radius 1 is 1.03 bits per heavy atom. The molecule has 2 N–H and O–H groups in total. The topological polar surface area (TPSA) is 80.3 Å². The zero-order valence-electron chi connectivity index (χ0n) is 18.6. The molecule has 0 unspecified atom stereocenters. The van der Waals surface area contributed by atoms with Crippen LogP contribution in [0.1, 0.15) is 17.6 Å². The number of hydrogen-bond donors (Lipinski definition) is 1. The van der Waals surface area contributed by atoms with Crippen molar-refractivity contribution in [1.29, 1.82) is 0 Å². The van der Waals surface area contributed by atoms with Crippen molar-refractivity contribution in [1.82, 2.24) is 19.4 Å². The first-order chi connectivity index (χ1) is 16.7. The van der Waals surface area contributed by atoms with Gasteiger partial charge in [-0.05, 0) is 30.3 Å². The summed E-state index contributed by atoms with van der Waals surface area (Å²) in [5, 5.41) is 0.526. The van der Waals surface area contributed by atoms with E-state index in [1.165, 1.54) is 22.2 Å². The minimum Gasteiger partial charge on any atom is -0.383 e. The number of nitrogen functional groups attached to an aromatic ring is 1. The number of amides is 2. The van der Waals surface area contributed by atoms with Gasteiger partial charge in [0.25, 0.3) is 6.43 Å². The summed E-state index contributed by atoms with van der Waals surface area (Å²) in [6.45, 7) is 0.304. The zero-order valence-corrected chi connectivity index (χ0v) is 18.6. The van der Waals surface area contributed by atoms with E-state index in [9.17, 15) is 18.0 Å². The molecule has 7 nitrogen and oxygen atoms in total. The van der Waals surface area contributed by atoms with Gasteiger partial charge in [0.05, 0.1) is 11.9 Å². The minimum absolute atomic E-state index is 0.00436. The summed E-state index contributed by atoms with van der Waals surface area (Å²) < 4.78 is 57.1. The fraction of sp³-hybridized carbons (Fsp3) is 0.208. The number of urea groups is 1. The molecule has 1 saturated heterocycles. The quantitative estimate of drug-likeness (QED) is 0.410. The second-order valence-electron chi connectivity index (χ2n) is 8.28. The van der Waals surface area contributed by atoms with Crippen LogP contribution in [0.2, 0.25) is 0 Å². The molecule has 0 aliphatic carbocycles. The Balaban J connectivity index is 1.40. The highest BCUT2D eigenvalue weighted by Crippen LogP contribution is 2.35. The average Bonchev–Trinajstić information content (AvgIpc) is 3.35. The highest BCUT2D eigenvalue weighted by atomic mass is 19.3. The lowest BCUT2D eigenvalue weighted by molar-refractivity contribution is 0.151. The van der Waals surface area contributed by atoms with Crippen LogP contribution in [0.3, 0.4) is 0 Å². The van der Waals surface area contributed by atoms with Crippen LogP contribution >= 0.6 is 0 Å². The van der Waals surface area contributed by atoms with E-state index >= 15 is 4.39 Å². The number of alkyl halides is 2. The monoisotopic (exact) mass is 484 g/mol. The van der Waals surface area contributed by atoms with Crippen LogP contribution in [0.25, 0.3) is 22.2 Å². The standard InChI is InChI=1S/C24H20F4N6O/c1-32-11-17(20-22(29)30-12-31-23(20)32)16-4-3-15(9-19(16)26)34-7-6-33(24(34)35)10-14-8-13(21(27)28)2-5-18(14)25/h2-5,8-9,11-12,21H,6-7,10H2,1H3,(H2,29,30,31). The molecule has 11 heteroatoms. The van der Waals surface area contributed by atoms with E-state index in [0.29, 0.717) is 22.3 Å². The molecule has 2 aromatic heterocycles. The lowest BCUT2D eigenvalue weighted by Gasteiger charge is -2.20. The molecule has 0 spiro atoms. The van der Waals surface area contributed by atoms with Gasteiger partial charge in [-0.1, -0.05) is 6.07 Å². The summed E-state index contributed by atoms with van der Waals surface area (Å²) >= 11 is 0. The van der Waals surface area contributed by atoms with E-state index in [-0.39, 0.29) is 42.1 Å². The Labute approximate surface area is 197 Å². The number of anilines is 2. The van der Waals surface area contributed by atoms with Gasteiger partial charge in [-0.15, -0.1) is 0 Å². The van der Waals surface area contributed by atoms with Crippen molar-refractivity contribution in [2.45, 2.75) is 13.0 Å². The maximum Gasteiger partial charge on any atom is 0.324 e. The van der Waals surface area contributed by atoms with Gasteiger partial charge in [-0.25, -0.2) is 32.3 Å². The van der Waals surface area contributed by atoms with Gasteiger partial charge in [0.15, 0.2) is 0 Å². The van der Waals surface area contributed by atoms with Crippen LogP contribution in [-0.2, 0) is 13.6 Å². The van der Waals surface area contributed by atoms with Crippen LogP contribution in [0.5, 0.6) is 0 Å². The van der Waals surface area contributed by atoms with Crippen LogP contribution in [0.15, 0.2) is 48.9 Å². The average molecular weight is 484 g/mol. The molecule has 180 valence electrons. The predicted octanol–water partition coefficient (Wildman–Crippen LogP) is 4.88. The minimum atomic E-state index is -2.75. The molecule has 3 heterocycles. The van der Waals surface area contributed by atoms with E-state index in [2.05, 4.69) is 9.97 Å². The Hall–Kier alpha value is -4.15. The molecule has 0 radical (unpaired) electrons. The Kier molecular flexibility index (Phi) is 5.54. The largest absolute Gasteiger partial charge is 0.383 e. The zero-order chi connectivity index (χ0) is 24.9. The van der Waals surface area contributed by atoms with Gasteiger partial charge in [-0.3, -0.25) is 4.90 Å². The Morgan fingerprint density at radius 2 is 1.83 bits per heavy atom. The number of fused-ring (bicyclic) bond motifs is 1. The third kappa shape index (κ3) is 3.92. The first-order valence-corrected chi connectivity index (χ1v) is 10.7. The van der Waals surface area contributed by atoms with Crippen LogP contribution < -0.4 is 10.6 Å².